The first-order valence-electron chi connectivity index (χ1n) is 6.17. The average molecular weight is 484 g/mol. The molecule has 0 aromatic carbocycles. The summed E-state index contributed by atoms with van der Waals surface area (Å²) in [5.74, 6) is -46.6. The number of halogens is 19. The minimum absolute atomic E-state index is 4.31. The summed E-state index contributed by atoms with van der Waals surface area (Å²) in [6.45, 7) is 0. The Bertz CT molecular complexity index is 577. The van der Waals surface area contributed by atoms with Crippen LogP contribution in [0.4, 0.5) is 83.4 Å². The van der Waals surface area contributed by atoms with Crippen LogP contribution in [0.2, 0.25) is 0 Å². The average Bonchev–Trinajstić information content (AvgIpc) is 2.43. The topological polar surface area (TPSA) is 0 Å². The Hall–Kier alpha value is -1.33. The molecular formula is C10H3F19. The fraction of sp³-hybridized carbons (Fsp3) is 1.00. The lowest BCUT2D eigenvalue weighted by Crippen LogP contribution is -2.68. The van der Waals surface area contributed by atoms with E-state index >= 15 is 0 Å². The smallest absolute Gasteiger partial charge is 0.240 e. The van der Waals surface area contributed by atoms with E-state index in [0.717, 1.165) is 0 Å². The molecule has 0 aromatic heterocycles. The maximum absolute atomic E-state index is 13.1. The molecule has 19 heteroatoms. The van der Waals surface area contributed by atoms with Gasteiger partial charge in [-0.2, -0.15) is 79.0 Å². The van der Waals surface area contributed by atoms with Gasteiger partial charge in [0, 0.05) is 0 Å². The maximum atomic E-state index is 13.1. The monoisotopic (exact) mass is 484 g/mol. The molecular weight excluding hydrogens is 481 g/mol. The number of hydrogen-bond acceptors (Lipinski definition) is 0. The Morgan fingerprint density at radius 1 is 0.414 bits per heavy atom. The van der Waals surface area contributed by atoms with E-state index in [4.69, 9.17) is 0 Å². The fourth-order valence-electron chi connectivity index (χ4n) is 1.47. The Morgan fingerprint density at radius 3 is 1.00 bits per heavy atom. The molecule has 1 atom stereocenters. The SMILES string of the molecule is FC(CC(F)(F)C(F)(F)C(F)(F)F)C(F)(F)C(F)(F)C(F)(F)C(F)(F)C(F)(F)F. The lowest BCUT2D eigenvalue weighted by molar-refractivity contribution is -0.428. The third-order valence-corrected chi connectivity index (χ3v) is 3.21. The van der Waals surface area contributed by atoms with Crippen molar-refractivity contribution in [2.45, 2.75) is 60.5 Å². The molecule has 0 amide bonds. The van der Waals surface area contributed by atoms with Gasteiger partial charge in [-0.15, -0.1) is 0 Å². The third kappa shape index (κ3) is 4.00. The first-order valence-corrected chi connectivity index (χ1v) is 6.17. The highest BCUT2D eigenvalue weighted by atomic mass is 19.4. The van der Waals surface area contributed by atoms with Crippen molar-refractivity contribution in [1.82, 2.24) is 0 Å². The fourth-order valence-corrected chi connectivity index (χ4v) is 1.47. The van der Waals surface area contributed by atoms with E-state index in [1.54, 1.807) is 0 Å². The molecule has 0 aromatic rings. The van der Waals surface area contributed by atoms with Crippen LogP contribution in [0.15, 0.2) is 0 Å². The summed E-state index contributed by atoms with van der Waals surface area (Å²) in [6.07, 6.45) is -25.2. The number of hydrogen-bond donors (Lipinski definition) is 0. The van der Waals surface area contributed by atoms with Gasteiger partial charge in [0.2, 0.25) is 0 Å². The van der Waals surface area contributed by atoms with E-state index in [1.165, 1.54) is 0 Å². The van der Waals surface area contributed by atoms with Crippen LogP contribution in [-0.2, 0) is 0 Å². The zero-order valence-corrected chi connectivity index (χ0v) is 12.5. The molecule has 0 saturated carbocycles. The van der Waals surface area contributed by atoms with Crippen molar-refractivity contribution in [3.8, 4) is 0 Å². The first kappa shape index (κ1) is 27.7. The predicted molar refractivity (Wildman–Crippen MR) is 51.3 cm³/mol. The minimum atomic E-state index is -8.26. The summed E-state index contributed by atoms with van der Waals surface area (Å²) in [4.78, 5) is 0. The van der Waals surface area contributed by atoms with Crippen LogP contribution in [-0.4, -0.2) is 54.1 Å². The zero-order valence-electron chi connectivity index (χ0n) is 12.5. The molecule has 0 rings (SSSR count). The quantitative estimate of drug-likeness (QED) is 0.355. The van der Waals surface area contributed by atoms with Gasteiger partial charge in [0.25, 0.3) is 0 Å². The third-order valence-electron chi connectivity index (χ3n) is 3.21. The van der Waals surface area contributed by atoms with E-state index in [9.17, 15) is 83.4 Å². The van der Waals surface area contributed by atoms with E-state index in [0.29, 0.717) is 0 Å². The summed E-state index contributed by atoms with van der Waals surface area (Å²) in [5, 5.41) is 0. The lowest BCUT2D eigenvalue weighted by atomic mass is 9.91. The van der Waals surface area contributed by atoms with Crippen molar-refractivity contribution in [1.29, 1.82) is 0 Å². The van der Waals surface area contributed by atoms with Crippen molar-refractivity contribution >= 4 is 0 Å². The highest BCUT2D eigenvalue weighted by molar-refractivity contribution is 5.09. The predicted octanol–water partition coefficient (Wildman–Crippen LogP) is 6.65. The zero-order chi connectivity index (χ0) is 24.3. The lowest BCUT2D eigenvalue weighted by Gasteiger charge is -2.39. The highest BCUT2D eigenvalue weighted by Crippen LogP contribution is 2.59. The van der Waals surface area contributed by atoms with Crippen LogP contribution < -0.4 is 0 Å². The summed E-state index contributed by atoms with van der Waals surface area (Å²) in [7, 11) is 0. The van der Waals surface area contributed by atoms with Crippen molar-refractivity contribution in [2.75, 3.05) is 0 Å². The second-order valence-corrected chi connectivity index (χ2v) is 5.29. The Kier molecular flexibility index (Phi) is 6.53. The molecule has 1 unspecified atom stereocenters. The largest absolute Gasteiger partial charge is 0.460 e. The summed E-state index contributed by atoms with van der Waals surface area (Å²) in [6, 6.07) is 0. The molecule has 0 aliphatic rings. The molecule has 29 heavy (non-hydrogen) atoms. The van der Waals surface area contributed by atoms with Crippen LogP contribution in [0.5, 0.6) is 0 Å². The standard InChI is InChI=1S/C10H3F19/c11-2(1-3(12,13)5(16,17)9(24,25)26)4(14,15)6(18,19)7(20,21)8(22,23)10(27,28)29/h2H,1H2. The van der Waals surface area contributed by atoms with Gasteiger partial charge in [0.1, 0.15) is 0 Å². The van der Waals surface area contributed by atoms with Gasteiger partial charge >= 0.3 is 47.9 Å². The van der Waals surface area contributed by atoms with Crippen LogP contribution in [0.1, 0.15) is 6.42 Å². The summed E-state index contributed by atoms with van der Waals surface area (Å²) >= 11 is 0. The second kappa shape index (κ2) is 6.84. The van der Waals surface area contributed by atoms with Crippen LogP contribution in [0.25, 0.3) is 0 Å². The van der Waals surface area contributed by atoms with E-state index in [-0.39, 0.29) is 0 Å². The highest BCUT2D eigenvalue weighted by Gasteiger charge is 2.88. The number of alkyl halides is 19. The van der Waals surface area contributed by atoms with Crippen molar-refractivity contribution in [2.24, 2.45) is 0 Å². The Balaban J connectivity index is 6.17. The molecule has 0 radical (unpaired) electrons. The van der Waals surface area contributed by atoms with Crippen molar-refractivity contribution in [3.05, 3.63) is 0 Å². The van der Waals surface area contributed by atoms with Gasteiger partial charge in [-0.1, -0.05) is 0 Å². The molecule has 0 N–H and O–H groups in total. The van der Waals surface area contributed by atoms with Gasteiger partial charge in [-0.05, 0) is 0 Å². The van der Waals surface area contributed by atoms with E-state index < -0.39 is 60.5 Å². The minimum Gasteiger partial charge on any atom is -0.240 e. The van der Waals surface area contributed by atoms with Crippen LogP contribution in [0.3, 0.4) is 0 Å². The molecule has 0 nitrogen and oxygen atoms in total. The van der Waals surface area contributed by atoms with E-state index in [1.807, 2.05) is 0 Å². The van der Waals surface area contributed by atoms with Crippen LogP contribution >= 0.6 is 0 Å². The molecule has 0 aliphatic heterocycles. The maximum Gasteiger partial charge on any atom is 0.460 e. The molecule has 0 saturated heterocycles. The van der Waals surface area contributed by atoms with Crippen molar-refractivity contribution in [3.63, 3.8) is 0 Å². The van der Waals surface area contributed by atoms with Gasteiger partial charge in [0.05, 0.1) is 6.42 Å². The van der Waals surface area contributed by atoms with Gasteiger partial charge in [0.15, 0.2) is 6.17 Å². The normalized spacial score (nSPS) is 17.5. The Labute approximate surface area is 145 Å². The van der Waals surface area contributed by atoms with Gasteiger partial charge < -0.3 is 0 Å². The Morgan fingerprint density at radius 2 is 0.724 bits per heavy atom. The van der Waals surface area contributed by atoms with E-state index in [2.05, 4.69) is 0 Å². The van der Waals surface area contributed by atoms with Crippen LogP contribution in [0, 0.1) is 0 Å². The molecule has 0 aliphatic carbocycles. The molecule has 0 spiro atoms. The van der Waals surface area contributed by atoms with Gasteiger partial charge in [-0.3, -0.25) is 0 Å². The summed E-state index contributed by atoms with van der Waals surface area (Å²) in [5.41, 5.74) is 0. The summed E-state index contributed by atoms with van der Waals surface area (Å²) < 4.78 is 237. The number of rotatable bonds is 7. The molecule has 0 bridgehead atoms. The molecule has 0 heterocycles. The van der Waals surface area contributed by atoms with Gasteiger partial charge in [-0.25, -0.2) is 4.39 Å². The molecule has 0 fully saturated rings. The van der Waals surface area contributed by atoms with Crippen molar-refractivity contribution < 1.29 is 83.4 Å². The first-order chi connectivity index (χ1) is 12.1. The molecule has 176 valence electrons. The second-order valence-electron chi connectivity index (χ2n) is 5.29.